The van der Waals surface area contributed by atoms with Gasteiger partial charge in [-0.15, -0.1) is 0 Å². The molecule has 0 unspecified atom stereocenters. The number of aromatic amines is 1. The number of rotatable bonds is 4. The number of amides is 1. The third-order valence-electron chi connectivity index (χ3n) is 4.91. The van der Waals surface area contributed by atoms with Crippen molar-refractivity contribution in [2.75, 3.05) is 6.54 Å². The Hall–Kier alpha value is -4.21. The molecule has 31 heavy (non-hydrogen) atoms. The van der Waals surface area contributed by atoms with E-state index in [-0.39, 0.29) is 24.0 Å². The summed E-state index contributed by atoms with van der Waals surface area (Å²) in [7, 11) is 0. The largest absolute Gasteiger partial charge is 0.439 e. The molecule has 0 fully saturated rings. The Morgan fingerprint density at radius 3 is 2.65 bits per heavy atom. The molecule has 0 spiro atoms. The van der Waals surface area contributed by atoms with Crippen molar-refractivity contribution >= 4 is 5.91 Å². The molecule has 1 aliphatic heterocycles. The number of fused-ring (bicyclic) bond motifs is 1. The fourth-order valence-electron chi connectivity index (χ4n) is 3.35. The summed E-state index contributed by atoms with van der Waals surface area (Å²) in [6.45, 7) is 0.732. The molecule has 1 aromatic carbocycles. The van der Waals surface area contributed by atoms with Crippen molar-refractivity contribution in [3.8, 4) is 23.0 Å². The van der Waals surface area contributed by atoms with Gasteiger partial charge in [-0.1, -0.05) is 0 Å². The van der Waals surface area contributed by atoms with Crippen molar-refractivity contribution < 1.29 is 13.9 Å². The highest BCUT2D eigenvalue weighted by atomic mass is 19.1. The molecule has 1 N–H and O–H groups in total. The van der Waals surface area contributed by atoms with E-state index in [1.807, 2.05) is 12.1 Å². The lowest BCUT2D eigenvalue weighted by Crippen LogP contribution is -2.37. The summed E-state index contributed by atoms with van der Waals surface area (Å²) in [6.07, 6.45) is 5.24. The molecule has 0 radical (unpaired) electrons. The fraction of sp³-hybridized carbons (Fsp3) is 0.143. The minimum Gasteiger partial charge on any atom is -0.439 e. The third kappa shape index (κ3) is 3.82. The molecule has 0 saturated carbocycles. The summed E-state index contributed by atoms with van der Waals surface area (Å²) in [6, 6.07) is 9.30. The molecule has 1 amide bonds. The van der Waals surface area contributed by atoms with Crippen LogP contribution in [0.15, 0.2) is 55.0 Å². The van der Waals surface area contributed by atoms with Gasteiger partial charge in [0.2, 0.25) is 5.88 Å². The summed E-state index contributed by atoms with van der Waals surface area (Å²) < 4.78 is 19.3. The van der Waals surface area contributed by atoms with Gasteiger partial charge < -0.3 is 9.64 Å². The highest BCUT2D eigenvalue weighted by molar-refractivity contribution is 5.92. The molecule has 0 atom stereocenters. The first-order chi connectivity index (χ1) is 15.2. The molecular formula is C21H16FN7O2. The minimum absolute atomic E-state index is 0.235. The predicted molar refractivity (Wildman–Crippen MR) is 107 cm³/mol. The molecule has 3 aromatic heterocycles. The zero-order chi connectivity index (χ0) is 21.2. The van der Waals surface area contributed by atoms with Gasteiger partial charge in [0.1, 0.15) is 11.6 Å². The van der Waals surface area contributed by atoms with E-state index in [0.717, 1.165) is 11.3 Å². The molecular weight excluding hydrogens is 401 g/mol. The number of carbonyl (C=O) groups excluding carboxylic acids is 1. The van der Waals surface area contributed by atoms with Crippen molar-refractivity contribution in [2.24, 2.45) is 0 Å². The monoisotopic (exact) mass is 417 g/mol. The van der Waals surface area contributed by atoms with Crippen LogP contribution in [-0.4, -0.2) is 47.7 Å². The summed E-state index contributed by atoms with van der Waals surface area (Å²) in [5, 5.41) is 10.0. The second-order valence-corrected chi connectivity index (χ2v) is 6.90. The first kappa shape index (κ1) is 18.8. The van der Waals surface area contributed by atoms with E-state index in [1.165, 1.54) is 30.5 Å². The molecule has 154 valence electrons. The second kappa shape index (κ2) is 7.90. The molecule has 10 heteroatoms. The maximum Gasteiger partial charge on any atom is 0.276 e. The average Bonchev–Trinajstić information content (AvgIpc) is 3.35. The van der Waals surface area contributed by atoms with Crippen molar-refractivity contribution in [3.63, 3.8) is 0 Å². The van der Waals surface area contributed by atoms with Crippen molar-refractivity contribution in [1.29, 1.82) is 0 Å². The van der Waals surface area contributed by atoms with Crippen LogP contribution in [0, 0.1) is 5.82 Å². The number of ether oxygens (including phenoxy) is 1. The first-order valence-electron chi connectivity index (χ1n) is 9.56. The highest BCUT2D eigenvalue weighted by Crippen LogP contribution is 2.32. The standard InChI is InChI=1S/C21H16FN7O2/c22-14-1-3-15(4-2-14)31-20-16-12-29(21(30)18-11-24-28-27-18)10-7-17(16)25-19(26-20)13-5-8-23-9-6-13/h1-6,8-9,11H,7,10,12H2,(H,24,27,28). The lowest BCUT2D eigenvalue weighted by atomic mass is 10.1. The number of pyridine rings is 1. The SMILES string of the molecule is O=C(c1cn[nH]n1)N1CCc2nc(-c3ccncc3)nc(Oc3ccc(F)cc3)c2C1. The number of halogens is 1. The van der Waals surface area contributed by atoms with Crippen molar-refractivity contribution in [1.82, 2.24) is 35.3 Å². The van der Waals surface area contributed by atoms with Gasteiger partial charge >= 0.3 is 0 Å². The van der Waals surface area contributed by atoms with Crippen LogP contribution in [0.1, 0.15) is 21.7 Å². The number of hydrogen-bond acceptors (Lipinski definition) is 7. The minimum atomic E-state index is -0.362. The summed E-state index contributed by atoms with van der Waals surface area (Å²) in [5.74, 6) is 0.641. The topological polar surface area (TPSA) is 110 Å². The molecule has 5 rings (SSSR count). The number of nitrogens with one attached hydrogen (secondary N) is 1. The highest BCUT2D eigenvalue weighted by Gasteiger charge is 2.28. The zero-order valence-corrected chi connectivity index (χ0v) is 16.2. The van der Waals surface area contributed by atoms with Crippen LogP contribution in [0.3, 0.4) is 0 Å². The van der Waals surface area contributed by atoms with E-state index in [0.29, 0.717) is 36.0 Å². The number of H-pyrrole nitrogens is 1. The third-order valence-corrected chi connectivity index (χ3v) is 4.91. The zero-order valence-electron chi connectivity index (χ0n) is 16.2. The van der Waals surface area contributed by atoms with Gasteiger partial charge in [0.25, 0.3) is 5.91 Å². The van der Waals surface area contributed by atoms with E-state index < -0.39 is 0 Å². The Morgan fingerprint density at radius 1 is 1.10 bits per heavy atom. The average molecular weight is 417 g/mol. The van der Waals surface area contributed by atoms with Gasteiger partial charge in [0.15, 0.2) is 11.5 Å². The van der Waals surface area contributed by atoms with Gasteiger partial charge in [0, 0.05) is 30.9 Å². The lowest BCUT2D eigenvalue weighted by Gasteiger charge is -2.28. The molecule has 4 heterocycles. The van der Waals surface area contributed by atoms with Gasteiger partial charge in [-0.25, -0.2) is 9.37 Å². The fourth-order valence-corrected chi connectivity index (χ4v) is 3.35. The molecule has 0 saturated heterocycles. The van der Waals surface area contributed by atoms with Crippen LogP contribution in [-0.2, 0) is 13.0 Å². The number of benzene rings is 1. The molecule has 1 aliphatic rings. The maximum absolute atomic E-state index is 13.3. The molecule has 0 aliphatic carbocycles. The predicted octanol–water partition coefficient (Wildman–Crippen LogP) is 2.79. The van der Waals surface area contributed by atoms with E-state index in [1.54, 1.807) is 17.3 Å². The van der Waals surface area contributed by atoms with Crippen LogP contribution >= 0.6 is 0 Å². The molecule has 4 aromatic rings. The Kier molecular flexibility index (Phi) is 4.79. The van der Waals surface area contributed by atoms with Crippen LogP contribution in [0.2, 0.25) is 0 Å². The Morgan fingerprint density at radius 2 is 1.90 bits per heavy atom. The van der Waals surface area contributed by atoms with E-state index in [4.69, 9.17) is 9.72 Å². The molecule has 9 nitrogen and oxygen atoms in total. The smallest absolute Gasteiger partial charge is 0.276 e. The van der Waals surface area contributed by atoms with E-state index in [9.17, 15) is 9.18 Å². The number of aromatic nitrogens is 6. The van der Waals surface area contributed by atoms with Gasteiger partial charge in [-0.2, -0.15) is 20.4 Å². The summed E-state index contributed by atoms with van der Waals surface area (Å²) in [4.78, 5) is 27.7. The van der Waals surface area contributed by atoms with Crippen LogP contribution in [0.25, 0.3) is 11.4 Å². The second-order valence-electron chi connectivity index (χ2n) is 6.90. The van der Waals surface area contributed by atoms with Crippen molar-refractivity contribution in [2.45, 2.75) is 13.0 Å². The normalized spacial score (nSPS) is 13.0. The number of carbonyl (C=O) groups is 1. The van der Waals surface area contributed by atoms with Gasteiger partial charge in [-0.05, 0) is 36.4 Å². The number of hydrogen-bond donors (Lipinski definition) is 1. The van der Waals surface area contributed by atoms with E-state index >= 15 is 0 Å². The molecule has 0 bridgehead atoms. The maximum atomic E-state index is 13.3. The van der Waals surface area contributed by atoms with Crippen LogP contribution < -0.4 is 4.74 Å². The van der Waals surface area contributed by atoms with E-state index in [2.05, 4.69) is 25.4 Å². The Balaban J connectivity index is 1.54. The Bertz CT molecular complexity index is 1210. The van der Waals surface area contributed by atoms with Gasteiger partial charge in [0.05, 0.1) is 24.0 Å². The summed E-state index contributed by atoms with van der Waals surface area (Å²) in [5.41, 5.74) is 2.52. The number of nitrogens with zero attached hydrogens (tertiary/aromatic N) is 6. The van der Waals surface area contributed by atoms with Crippen LogP contribution in [0.5, 0.6) is 11.6 Å². The van der Waals surface area contributed by atoms with Crippen molar-refractivity contribution in [3.05, 3.63) is 77.8 Å². The lowest BCUT2D eigenvalue weighted by molar-refractivity contribution is 0.0726. The van der Waals surface area contributed by atoms with Gasteiger partial charge in [-0.3, -0.25) is 9.78 Å². The first-order valence-corrected chi connectivity index (χ1v) is 9.56. The van der Waals surface area contributed by atoms with Crippen LogP contribution in [0.4, 0.5) is 4.39 Å². The Labute approximate surface area is 176 Å². The summed E-state index contributed by atoms with van der Waals surface area (Å²) >= 11 is 0. The quantitative estimate of drug-likeness (QED) is 0.544.